The molecule has 27 heavy (non-hydrogen) atoms. The molecule has 0 aromatic carbocycles. The van der Waals surface area contributed by atoms with E-state index in [4.69, 9.17) is 9.47 Å². The van der Waals surface area contributed by atoms with Gasteiger partial charge in [-0.15, -0.1) is 0 Å². The lowest BCUT2D eigenvalue weighted by Crippen LogP contribution is -2.50. The number of hydrogen-bond donors (Lipinski definition) is 3. The van der Waals surface area contributed by atoms with E-state index in [9.17, 15) is 14.4 Å². The number of hydrogen-bond acceptors (Lipinski definition) is 6. The van der Waals surface area contributed by atoms with E-state index in [1.54, 1.807) is 48.5 Å². The van der Waals surface area contributed by atoms with E-state index in [2.05, 4.69) is 22.7 Å². The summed E-state index contributed by atoms with van der Waals surface area (Å²) in [6.07, 6.45) is 1.24. The van der Waals surface area contributed by atoms with Crippen LogP contribution >= 0.6 is 0 Å². The minimum atomic E-state index is -0.700. The second-order valence-electron chi connectivity index (χ2n) is 8.39. The van der Waals surface area contributed by atoms with Gasteiger partial charge in [-0.25, -0.2) is 10.2 Å². The highest BCUT2D eigenvalue weighted by Gasteiger charge is 2.25. The second-order valence-corrected chi connectivity index (χ2v) is 8.39. The molecule has 0 radical (unpaired) electrons. The number of carbonyl (C=O) groups excluding carboxylic acids is 3. The first-order valence-corrected chi connectivity index (χ1v) is 9.12. The van der Waals surface area contributed by atoms with Gasteiger partial charge in [-0.3, -0.25) is 15.0 Å². The number of nitrogens with one attached hydrogen (secondary N) is 3. The Morgan fingerprint density at radius 3 is 2.00 bits per heavy atom. The molecule has 1 atom stereocenters. The Bertz CT molecular complexity index is 532. The molecule has 8 nitrogen and oxygen atoms in total. The Morgan fingerprint density at radius 1 is 0.963 bits per heavy atom. The highest BCUT2D eigenvalue weighted by atomic mass is 16.6. The van der Waals surface area contributed by atoms with Crippen LogP contribution < -0.4 is 16.2 Å². The maximum Gasteiger partial charge on any atom is 0.407 e. The van der Waals surface area contributed by atoms with Crippen molar-refractivity contribution in [2.45, 2.75) is 85.0 Å². The number of esters is 1. The summed E-state index contributed by atoms with van der Waals surface area (Å²) in [5.74, 6) is -0.847. The normalized spacial score (nSPS) is 12.7. The minimum absolute atomic E-state index is 0.326. The number of alkyl carbamates (subject to hydrolysis) is 1. The van der Waals surface area contributed by atoms with E-state index in [1.165, 1.54) is 0 Å². The zero-order valence-electron chi connectivity index (χ0n) is 17.7. The third-order valence-corrected chi connectivity index (χ3v) is 3.03. The van der Waals surface area contributed by atoms with Crippen LogP contribution in [0.4, 0.5) is 4.79 Å². The zero-order valence-corrected chi connectivity index (χ0v) is 17.7. The van der Waals surface area contributed by atoms with Crippen LogP contribution in [0.3, 0.4) is 0 Å². The van der Waals surface area contributed by atoms with Crippen LogP contribution in [0.25, 0.3) is 0 Å². The molecule has 0 bridgehead atoms. The van der Waals surface area contributed by atoms with E-state index in [1.807, 2.05) is 0 Å². The SMILES string of the molecule is C=C(C)C(=O)NN[C@@H](CCCCNC(=O)OC(C)(C)C)C(=O)OC(C)(C)C. The molecule has 0 aliphatic heterocycles. The lowest BCUT2D eigenvalue weighted by Gasteiger charge is -2.25. The molecule has 0 fully saturated rings. The van der Waals surface area contributed by atoms with Gasteiger partial charge in [0.15, 0.2) is 0 Å². The Labute approximate surface area is 162 Å². The van der Waals surface area contributed by atoms with E-state index < -0.39 is 35.2 Å². The first-order valence-electron chi connectivity index (χ1n) is 9.12. The molecular weight excluding hydrogens is 350 g/mol. The van der Waals surface area contributed by atoms with Crippen molar-refractivity contribution in [2.24, 2.45) is 0 Å². The molecule has 3 N–H and O–H groups in total. The maximum atomic E-state index is 12.3. The summed E-state index contributed by atoms with van der Waals surface area (Å²) in [7, 11) is 0. The van der Waals surface area contributed by atoms with Crippen molar-refractivity contribution in [2.75, 3.05) is 6.54 Å². The van der Waals surface area contributed by atoms with E-state index in [0.29, 0.717) is 31.4 Å². The summed E-state index contributed by atoms with van der Waals surface area (Å²) in [4.78, 5) is 35.5. The molecule has 0 aliphatic carbocycles. The molecular formula is C19H35N3O5. The summed E-state index contributed by atoms with van der Waals surface area (Å²) >= 11 is 0. The van der Waals surface area contributed by atoms with Gasteiger partial charge in [0.1, 0.15) is 17.2 Å². The highest BCUT2D eigenvalue weighted by Crippen LogP contribution is 2.11. The number of unbranched alkanes of at least 4 members (excludes halogenated alkanes) is 1. The summed E-state index contributed by atoms with van der Waals surface area (Å²) < 4.78 is 10.5. The lowest BCUT2D eigenvalue weighted by molar-refractivity contribution is -0.158. The number of ether oxygens (including phenoxy) is 2. The summed E-state index contributed by atoms with van der Waals surface area (Å²) in [5, 5.41) is 2.67. The average Bonchev–Trinajstić information content (AvgIpc) is 2.45. The summed E-state index contributed by atoms with van der Waals surface area (Å²) in [6, 6.07) is -0.700. The molecule has 156 valence electrons. The molecule has 0 saturated heterocycles. The lowest BCUT2D eigenvalue weighted by atomic mass is 10.1. The fraction of sp³-hybridized carbons (Fsp3) is 0.737. The summed E-state index contributed by atoms with van der Waals surface area (Å²) in [5.41, 5.74) is 4.31. The number of hydrazine groups is 1. The van der Waals surface area contributed by atoms with Gasteiger partial charge in [0.05, 0.1) is 0 Å². The fourth-order valence-corrected chi connectivity index (χ4v) is 1.86. The van der Waals surface area contributed by atoms with Gasteiger partial charge in [0.25, 0.3) is 5.91 Å². The monoisotopic (exact) mass is 385 g/mol. The largest absolute Gasteiger partial charge is 0.459 e. The molecule has 8 heteroatoms. The van der Waals surface area contributed by atoms with Crippen LogP contribution in [0.5, 0.6) is 0 Å². The number of rotatable bonds is 9. The van der Waals surface area contributed by atoms with Crippen molar-refractivity contribution in [3.05, 3.63) is 12.2 Å². The standard InChI is InChI=1S/C19H35N3O5/c1-13(2)15(23)22-21-14(16(24)26-18(3,4)5)11-9-10-12-20-17(25)27-19(6,7)8/h14,21H,1,9-12H2,2-8H3,(H,20,25)(H,22,23)/t14-/m0/s1. The van der Waals surface area contributed by atoms with E-state index in [-0.39, 0.29) is 0 Å². The summed E-state index contributed by atoms with van der Waals surface area (Å²) in [6.45, 7) is 16.3. The third kappa shape index (κ3) is 13.7. The maximum absolute atomic E-state index is 12.3. The van der Waals surface area contributed by atoms with E-state index in [0.717, 1.165) is 0 Å². The fourth-order valence-electron chi connectivity index (χ4n) is 1.86. The van der Waals surface area contributed by atoms with Crippen molar-refractivity contribution in [1.29, 1.82) is 0 Å². The number of amides is 2. The van der Waals surface area contributed by atoms with Crippen LogP contribution in [0.15, 0.2) is 12.2 Å². The molecule has 0 aliphatic rings. The van der Waals surface area contributed by atoms with Crippen LogP contribution in [-0.2, 0) is 19.1 Å². The van der Waals surface area contributed by atoms with Crippen molar-refractivity contribution < 1.29 is 23.9 Å². The second kappa shape index (κ2) is 10.9. The molecule has 2 amide bonds. The smallest absolute Gasteiger partial charge is 0.407 e. The van der Waals surface area contributed by atoms with Gasteiger partial charge in [-0.2, -0.15) is 0 Å². The Morgan fingerprint density at radius 2 is 1.52 bits per heavy atom. The van der Waals surface area contributed by atoms with Crippen molar-refractivity contribution >= 4 is 18.0 Å². The molecule has 0 rings (SSSR count). The van der Waals surface area contributed by atoms with E-state index >= 15 is 0 Å². The minimum Gasteiger partial charge on any atom is -0.459 e. The quantitative estimate of drug-likeness (QED) is 0.244. The van der Waals surface area contributed by atoms with Gasteiger partial charge in [0.2, 0.25) is 0 Å². The van der Waals surface area contributed by atoms with Crippen LogP contribution in [-0.4, -0.2) is 41.8 Å². The average molecular weight is 386 g/mol. The molecule has 0 aromatic heterocycles. The number of carbonyl (C=O) groups is 3. The first kappa shape index (κ1) is 24.9. The Balaban J connectivity index is 4.46. The molecule has 0 saturated carbocycles. The molecule has 0 aromatic rings. The van der Waals surface area contributed by atoms with Crippen LogP contribution in [0.1, 0.15) is 67.7 Å². The van der Waals surface area contributed by atoms with Crippen molar-refractivity contribution in [3.63, 3.8) is 0 Å². The van der Waals surface area contributed by atoms with Crippen LogP contribution in [0, 0.1) is 0 Å². The Kier molecular flexibility index (Phi) is 10.1. The molecule has 0 heterocycles. The predicted octanol–water partition coefficient (Wildman–Crippen LogP) is 2.59. The van der Waals surface area contributed by atoms with Gasteiger partial charge in [-0.05, 0) is 67.7 Å². The molecule has 0 spiro atoms. The van der Waals surface area contributed by atoms with Crippen molar-refractivity contribution in [1.82, 2.24) is 16.2 Å². The highest BCUT2D eigenvalue weighted by molar-refractivity contribution is 5.92. The zero-order chi connectivity index (χ0) is 21.3. The first-order chi connectivity index (χ1) is 12.2. The third-order valence-electron chi connectivity index (χ3n) is 3.03. The van der Waals surface area contributed by atoms with Gasteiger partial charge in [-0.1, -0.05) is 6.58 Å². The molecule has 0 unspecified atom stereocenters. The van der Waals surface area contributed by atoms with Crippen LogP contribution in [0.2, 0.25) is 0 Å². The van der Waals surface area contributed by atoms with Gasteiger partial charge < -0.3 is 14.8 Å². The Hall–Kier alpha value is -2.09. The van der Waals surface area contributed by atoms with Gasteiger partial charge >= 0.3 is 12.1 Å². The van der Waals surface area contributed by atoms with Crippen molar-refractivity contribution in [3.8, 4) is 0 Å². The predicted molar refractivity (Wildman–Crippen MR) is 104 cm³/mol. The van der Waals surface area contributed by atoms with Gasteiger partial charge in [0, 0.05) is 12.1 Å². The topological polar surface area (TPSA) is 106 Å².